The highest BCUT2D eigenvalue weighted by atomic mass is 32.1. The number of hydrogen-bond donors (Lipinski definition) is 2. The topological polar surface area (TPSA) is 69.6 Å². The fourth-order valence-electron chi connectivity index (χ4n) is 1.67. The fraction of sp³-hybridized carbons (Fsp3) is 0.429. The van der Waals surface area contributed by atoms with Crippen molar-refractivity contribution in [2.45, 2.75) is 13.8 Å². The van der Waals surface area contributed by atoms with E-state index in [2.05, 4.69) is 24.1 Å². The lowest BCUT2D eigenvalue weighted by Gasteiger charge is -2.17. The number of aliphatic carboxylic acids is 1. The number of likely N-dealkylation sites (N-methyl/N-ethyl adjacent to an activating group) is 1. The number of carbonyl (C=O) groups excluding carboxylic acids is 1. The maximum absolute atomic E-state index is 11.9. The molecule has 1 amide bonds. The molecule has 0 atom stereocenters. The van der Waals surface area contributed by atoms with Crippen LogP contribution in [-0.4, -0.2) is 48.1 Å². The Bertz CT molecular complexity index is 479. The summed E-state index contributed by atoms with van der Waals surface area (Å²) in [5.41, 5.74) is 0. The Morgan fingerprint density at radius 2 is 2.05 bits per heavy atom. The first kappa shape index (κ1) is 16.4. The molecule has 5 nitrogen and oxygen atoms in total. The number of nitrogens with zero attached hydrogens (tertiary/aromatic N) is 1. The van der Waals surface area contributed by atoms with Gasteiger partial charge in [0.05, 0.1) is 4.88 Å². The minimum absolute atomic E-state index is 0.114. The summed E-state index contributed by atoms with van der Waals surface area (Å²) in [4.78, 5) is 25.9. The summed E-state index contributed by atoms with van der Waals surface area (Å²) in [7, 11) is 0. The van der Waals surface area contributed by atoms with Crippen molar-refractivity contribution in [3.8, 4) is 0 Å². The van der Waals surface area contributed by atoms with Gasteiger partial charge in [-0.3, -0.25) is 4.79 Å². The molecule has 0 spiro atoms. The molecule has 0 unspecified atom stereocenters. The first-order chi connectivity index (χ1) is 9.56. The number of carbonyl (C=O) groups is 2. The Balaban J connectivity index is 2.46. The van der Waals surface area contributed by atoms with E-state index in [-0.39, 0.29) is 5.91 Å². The summed E-state index contributed by atoms with van der Waals surface area (Å²) >= 11 is 1.28. The van der Waals surface area contributed by atoms with Crippen molar-refractivity contribution in [2.24, 2.45) is 0 Å². The average Bonchev–Trinajstić information content (AvgIpc) is 2.90. The lowest BCUT2D eigenvalue weighted by Crippen LogP contribution is -2.34. The molecule has 0 saturated heterocycles. The van der Waals surface area contributed by atoms with Crippen molar-refractivity contribution >= 4 is 29.3 Å². The predicted octanol–water partition coefficient (Wildman–Crippen LogP) is 1.92. The van der Waals surface area contributed by atoms with Gasteiger partial charge in [0, 0.05) is 24.0 Å². The fourth-order valence-corrected chi connectivity index (χ4v) is 2.50. The van der Waals surface area contributed by atoms with Crippen LogP contribution >= 0.6 is 11.3 Å². The number of carboxylic acid groups (broad SMARTS) is 1. The summed E-state index contributed by atoms with van der Waals surface area (Å²) < 4.78 is 0. The van der Waals surface area contributed by atoms with Crippen LogP contribution in [-0.2, 0) is 4.79 Å². The van der Waals surface area contributed by atoms with E-state index in [0.717, 1.165) is 30.6 Å². The quantitative estimate of drug-likeness (QED) is 0.719. The normalized spacial score (nSPS) is 11.2. The van der Waals surface area contributed by atoms with Crippen LogP contribution in [0.1, 0.15) is 28.4 Å². The molecule has 0 aliphatic rings. The van der Waals surface area contributed by atoms with E-state index in [4.69, 9.17) is 5.11 Å². The third-order valence-electron chi connectivity index (χ3n) is 2.85. The summed E-state index contributed by atoms with van der Waals surface area (Å²) in [6.07, 6.45) is 2.55. The molecule has 110 valence electrons. The molecule has 1 aromatic rings. The van der Waals surface area contributed by atoms with E-state index in [1.54, 1.807) is 12.1 Å². The summed E-state index contributed by atoms with van der Waals surface area (Å²) in [6.45, 7) is 7.55. The first-order valence-corrected chi connectivity index (χ1v) is 7.39. The van der Waals surface area contributed by atoms with Crippen molar-refractivity contribution in [1.29, 1.82) is 0 Å². The molecule has 20 heavy (non-hydrogen) atoms. The molecule has 1 heterocycles. The second kappa shape index (κ2) is 8.50. The van der Waals surface area contributed by atoms with E-state index in [9.17, 15) is 9.59 Å². The number of hydrogen-bond acceptors (Lipinski definition) is 4. The predicted molar refractivity (Wildman–Crippen MR) is 81.1 cm³/mol. The zero-order valence-electron chi connectivity index (χ0n) is 11.8. The maximum Gasteiger partial charge on any atom is 0.328 e. The Morgan fingerprint density at radius 1 is 1.35 bits per heavy atom. The smallest absolute Gasteiger partial charge is 0.328 e. The van der Waals surface area contributed by atoms with E-state index >= 15 is 0 Å². The van der Waals surface area contributed by atoms with Gasteiger partial charge in [-0.2, -0.15) is 0 Å². The van der Waals surface area contributed by atoms with Crippen LogP contribution < -0.4 is 5.32 Å². The highest BCUT2D eigenvalue weighted by Gasteiger charge is 2.08. The van der Waals surface area contributed by atoms with Crippen LogP contribution in [0.5, 0.6) is 0 Å². The van der Waals surface area contributed by atoms with E-state index < -0.39 is 5.97 Å². The monoisotopic (exact) mass is 296 g/mol. The first-order valence-electron chi connectivity index (χ1n) is 6.58. The molecular weight excluding hydrogens is 276 g/mol. The van der Waals surface area contributed by atoms with Crippen LogP contribution in [0.2, 0.25) is 0 Å². The lowest BCUT2D eigenvalue weighted by atomic mass is 10.3. The SMILES string of the molecule is CCN(CC)CCNC(=O)c1ccc(C=CC(=O)O)s1. The van der Waals surface area contributed by atoms with Crippen LogP contribution in [0.3, 0.4) is 0 Å². The van der Waals surface area contributed by atoms with E-state index in [1.807, 2.05) is 0 Å². The molecule has 0 aliphatic heterocycles. The van der Waals surface area contributed by atoms with Crippen LogP contribution in [0.15, 0.2) is 18.2 Å². The molecule has 0 bridgehead atoms. The van der Waals surface area contributed by atoms with E-state index in [1.165, 1.54) is 17.4 Å². The Kier molecular flexibility index (Phi) is 6.97. The lowest BCUT2D eigenvalue weighted by molar-refractivity contribution is -0.131. The second-order valence-corrected chi connectivity index (χ2v) is 5.27. The van der Waals surface area contributed by atoms with Crippen LogP contribution in [0.25, 0.3) is 6.08 Å². The van der Waals surface area contributed by atoms with Crippen molar-refractivity contribution < 1.29 is 14.7 Å². The molecule has 1 rings (SSSR count). The van der Waals surface area contributed by atoms with Gasteiger partial charge in [0.2, 0.25) is 0 Å². The van der Waals surface area contributed by atoms with Gasteiger partial charge < -0.3 is 15.3 Å². The number of amides is 1. The molecule has 0 fully saturated rings. The number of nitrogens with one attached hydrogen (secondary N) is 1. The van der Waals surface area contributed by atoms with Gasteiger partial charge in [0.25, 0.3) is 5.91 Å². The minimum atomic E-state index is -0.997. The van der Waals surface area contributed by atoms with Gasteiger partial charge >= 0.3 is 5.97 Å². The molecule has 0 radical (unpaired) electrons. The Morgan fingerprint density at radius 3 is 2.65 bits per heavy atom. The average molecular weight is 296 g/mol. The van der Waals surface area contributed by atoms with Crippen LogP contribution in [0.4, 0.5) is 0 Å². The van der Waals surface area contributed by atoms with E-state index in [0.29, 0.717) is 11.4 Å². The minimum Gasteiger partial charge on any atom is -0.478 e. The third kappa shape index (κ3) is 5.54. The third-order valence-corrected chi connectivity index (χ3v) is 3.90. The molecule has 6 heteroatoms. The van der Waals surface area contributed by atoms with Crippen molar-refractivity contribution in [3.63, 3.8) is 0 Å². The van der Waals surface area contributed by atoms with Gasteiger partial charge in [-0.05, 0) is 31.3 Å². The van der Waals surface area contributed by atoms with Gasteiger partial charge in [-0.1, -0.05) is 13.8 Å². The van der Waals surface area contributed by atoms with Crippen molar-refractivity contribution in [1.82, 2.24) is 10.2 Å². The van der Waals surface area contributed by atoms with Crippen LogP contribution in [0, 0.1) is 0 Å². The van der Waals surface area contributed by atoms with Gasteiger partial charge in [0.15, 0.2) is 0 Å². The Labute approximate surface area is 122 Å². The zero-order valence-corrected chi connectivity index (χ0v) is 12.6. The number of rotatable bonds is 8. The highest BCUT2D eigenvalue weighted by molar-refractivity contribution is 7.14. The molecule has 0 aliphatic carbocycles. The maximum atomic E-state index is 11.9. The highest BCUT2D eigenvalue weighted by Crippen LogP contribution is 2.17. The second-order valence-electron chi connectivity index (χ2n) is 4.16. The van der Waals surface area contributed by atoms with Gasteiger partial charge in [0.1, 0.15) is 0 Å². The number of thiophene rings is 1. The molecular formula is C14H20N2O3S. The van der Waals surface area contributed by atoms with Crippen molar-refractivity contribution in [2.75, 3.05) is 26.2 Å². The standard InChI is InChI=1S/C14H20N2O3S/c1-3-16(4-2)10-9-15-14(19)12-7-5-11(20-12)6-8-13(17)18/h5-8H,3-4,9-10H2,1-2H3,(H,15,19)(H,17,18). The molecule has 0 aromatic carbocycles. The van der Waals surface area contributed by atoms with Crippen molar-refractivity contribution in [3.05, 3.63) is 28.0 Å². The molecule has 2 N–H and O–H groups in total. The molecule has 0 saturated carbocycles. The Hall–Kier alpha value is -1.66. The summed E-state index contributed by atoms with van der Waals surface area (Å²) in [5.74, 6) is -1.11. The zero-order chi connectivity index (χ0) is 15.0. The van der Waals surface area contributed by atoms with Gasteiger partial charge in [-0.15, -0.1) is 11.3 Å². The summed E-state index contributed by atoms with van der Waals surface area (Å²) in [6, 6.07) is 3.45. The molecule has 1 aromatic heterocycles. The van der Waals surface area contributed by atoms with Gasteiger partial charge in [-0.25, -0.2) is 4.79 Å². The largest absolute Gasteiger partial charge is 0.478 e. The summed E-state index contributed by atoms with van der Waals surface area (Å²) in [5, 5.41) is 11.4. The number of carboxylic acids is 1.